The summed E-state index contributed by atoms with van der Waals surface area (Å²) >= 11 is 0. The van der Waals surface area contributed by atoms with Gasteiger partial charge in [0.2, 0.25) is 11.8 Å². The van der Waals surface area contributed by atoms with Crippen molar-refractivity contribution in [3.8, 4) is 0 Å². The van der Waals surface area contributed by atoms with Crippen LogP contribution in [0.4, 0.5) is 17.2 Å². The molecule has 0 aliphatic carbocycles. The van der Waals surface area contributed by atoms with Gasteiger partial charge in [0, 0.05) is 23.7 Å². The molecule has 0 aliphatic rings. The largest absolute Gasteiger partial charge is 0.360 e. The molecular formula is C19H19N5O2. The number of carbonyl (C=O) groups excluding carboxylic acids is 2. The van der Waals surface area contributed by atoms with Gasteiger partial charge in [-0.2, -0.15) is 0 Å². The number of aryl methyl sites for hydroxylation is 1. The van der Waals surface area contributed by atoms with Gasteiger partial charge in [0.15, 0.2) is 0 Å². The van der Waals surface area contributed by atoms with Gasteiger partial charge in [-0.05, 0) is 36.8 Å². The van der Waals surface area contributed by atoms with Crippen LogP contribution in [-0.2, 0) is 9.59 Å². The van der Waals surface area contributed by atoms with Crippen molar-refractivity contribution in [3.63, 3.8) is 0 Å². The summed E-state index contributed by atoms with van der Waals surface area (Å²) in [4.78, 5) is 31.9. The van der Waals surface area contributed by atoms with E-state index in [-0.39, 0.29) is 18.4 Å². The van der Waals surface area contributed by atoms with E-state index in [0.29, 0.717) is 17.2 Å². The van der Waals surface area contributed by atoms with Gasteiger partial charge < -0.3 is 16.0 Å². The fourth-order valence-corrected chi connectivity index (χ4v) is 2.54. The van der Waals surface area contributed by atoms with Crippen LogP contribution in [0.3, 0.4) is 0 Å². The first-order valence-corrected chi connectivity index (χ1v) is 8.14. The number of nitrogens with one attached hydrogen (secondary N) is 3. The number of rotatable bonds is 5. The molecule has 1 aromatic heterocycles. The highest BCUT2D eigenvalue weighted by atomic mass is 16.2. The number of amides is 2. The van der Waals surface area contributed by atoms with Crippen molar-refractivity contribution in [2.24, 2.45) is 0 Å². The van der Waals surface area contributed by atoms with E-state index >= 15 is 0 Å². The zero-order chi connectivity index (χ0) is 18.5. The molecule has 3 N–H and O–H groups in total. The predicted molar refractivity (Wildman–Crippen MR) is 102 cm³/mol. The van der Waals surface area contributed by atoms with Crippen molar-refractivity contribution in [3.05, 3.63) is 54.4 Å². The lowest BCUT2D eigenvalue weighted by atomic mass is 10.1. The topological polar surface area (TPSA) is 96.0 Å². The van der Waals surface area contributed by atoms with Gasteiger partial charge >= 0.3 is 0 Å². The second-order valence-electron chi connectivity index (χ2n) is 5.85. The molecule has 0 spiro atoms. The molecular weight excluding hydrogens is 330 g/mol. The van der Waals surface area contributed by atoms with Gasteiger partial charge in [-0.1, -0.05) is 18.2 Å². The Morgan fingerprint density at radius 3 is 2.65 bits per heavy atom. The second-order valence-corrected chi connectivity index (χ2v) is 5.85. The Morgan fingerprint density at radius 2 is 1.85 bits per heavy atom. The van der Waals surface area contributed by atoms with Crippen LogP contribution in [0, 0.1) is 6.92 Å². The van der Waals surface area contributed by atoms with Gasteiger partial charge in [-0.3, -0.25) is 9.59 Å². The van der Waals surface area contributed by atoms with Crippen LogP contribution in [0.2, 0.25) is 0 Å². The summed E-state index contributed by atoms with van der Waals surface area (Å²) in [5.41, 5.74) is 2.99. The average molecular weight is 349 g/mol. The number of benzene rings is 2. The fourth-order valence-electron chi connectivity index (χ4n) is 2.54. The number of fused-ring (bicyclic) bond motifs is 1. The Labute approximate surface area is 150 Å². The van der Waals surface area contributed by atoms with Crippen molar-refractivity contribution in [1.29, 1.82) is 0 Å². The second kappa shape index (κ2) is 7.60. The highest BCUT2D eigenvalue weighted by Crippen LogP contribution is 2.21. The third-order valence-corrected chi connectivity index (χ3v) is 3.79. The summed E-state index contributed by atoms with van der Waals surface area (Å²) in [5.74, 6) is 0.230. The van der Waals surface area contributed by atoms with Crippen molar-refractivity contribution in [2.45, 2.75) is 13.8 Å². The Bertz CT molecular complexity index is 966. The van der Waals surface area contributed by atoms with Crippen molar-refractivity contribution >= 4 is 39.9 Å². The maximum Gasteiger partial charge on any atom is 0.243 e. The van der Waals surface area contributed by atoms with E-state index in [0.717, 1.165) is 16.5 Å². The third kappa shape index (κ3) is 4.13. The molecule has 2 aromatic carbocycles. The highest BCUT2D eigenvalue weighted by Gasteiger charge is 2.08. The molecule has 7 heteroatoms. The Balaban J connectivity index is 1.68. The zero-order valence-electron chi connectivity index (χ0n) is 14.5. The molecule has 0 fully saturated rings. The number of nitrogens with zero attached hydrogens (tertiary/aromatic N) is 2. The minimum atomic E-state index is -0.212. The summed E-state index contributed by atoms with van der Waals surface area (Å²) in [5, 5.41) is 9.44. The quantitative estimate of drug-likeness (QED) is 0.658. The van der Waals surface area contributed by atoms with Gasteiger partial charge in [0.1, 0.15) is 12.1 Å². The molecule has 132 valence electrons. The maximum absolute atomic E-state index is 12.3. The Kier molecular flexibility index (Phi) is 5.07. The number of anilines is 3. The molecule has 3 rings (SSSR count). The summed E-state index contributed by atoms with van der Waals surface area (Å²) in [6.45, 7) is 3.39. The lowest BCUT2D eigenvalue weighted by Crippen LogP contribution is -2.22. The molecule has 0 saturated heterocycles. The van der Waals surface area contributed by atoms with E-state index in [9.17, 15) is 9.59 Å². The maximum atomic E-state index is 12.3. The SMILES string of the molecule is CC(=O)Nc1ccc(C)c(NC(=O)CNc2ncnc3ccccc23)c1. The summed E-state index contributed by atoms with van der Waals surface area (Å²) in [7, 11) is 0. The lowest BCUT2D eigenvalue weighted by molar-refractivity contribution is -0.115. The smallest absolute Gasteiger partial charge is 0.243 e. The van der Waals surface area contributed by atoms with E-state index < -0.39 is 0 Å². The molecule has 26 heavy (non-hydrogen) atoms. The summed E-state index contributed by atoms with van der Waals surface area (Å²) in [6, 6.07) is 12.9. The van der Waals surface area contributed by atoms with Crippen LogP contribution < -0.4 is 16.0 Å². The number of para-hydroxylation sites is 1. The molecule has 0 aliphatic heterocycles. The monoisotopic (exact) mass is 349 g/mol. The standard InChI is InChI=1S/C19H19N5O2/c1-12-7-8-14(23-13(2)25)9-17(12)24-18(26)10-20-19-15-5-3-4-6-16(15)21-11-22-19/h3-9,11H,10H2,1-2H3,(H,23,25)(H,24,26)(H,20,21,22). The molecule has 1 heterocycles. The van der Waals surface area contributed by atoms with Crippen molar-refractivity contribution in [1.82, 2.24) is 9.97 Å². The Hall–Kier alpha value is -3.48. The summed E-state index contributed by atoms with van der Waals surface area (Å²) in [6.07, 6.45) is 1.46. The molecule has 3 aromatic rings. The highest BCUT2D eigenvalue weighted by molar-refractivity contribution is 5.97. The number of aromatic nitrogens is 2. The molecule has 0 saturated carbocycles. The minimum Gasteiger partial charge on any atom is -0.360 e. The van der Waals surface area contributed by atoms with E-state index in [1.54, 1.807) is 12.1 Å². The lowest BCUT2D eigenvalue weighted by Gasteiger charge is -2.12. The van der Waals surface area contributed by atoms with Gasteiger partial charge in [-0.15, -0.1) is 0 Å². The predicted octanol–water partition coefficient (Wildman–Crippen LogP) is 2.95. The molecule has 0 radical (unpaired) electrons. The first-order valence-electron chi connectivity index (χ1n) is 8.14. The zero-order valence-corrected chi connectivity index (χ0v) is 14.5. The average Bonchev–Trinajstić information content (AvgIpc) is 2.62. The molecule has 7 nitrogen and oxygen atoms in total. The minimum absolute atomic E-state index is 0.0603. The molecule has 0 unspecified atom stereocenters. The molecule has 0 atom stereocenters. The van der Waals surface area contributed by atoms with E-state index in [1.165, 1.54) is 13.3 Å². The van der Waals surface area contributed by atoms with Crippen LogP contribution >= 0.6 is 0 Å². The van der Waals surface area contributed by atoms with E-state index in [2.05, 4.69) is 25.9 Å². The molecule has 2 amide bonds. The normalized spacial score (nSPS) is 10.4. The first kappa shape index (κ1) is 17.3. The van der Waals surface area contributed by atoms with Crippen molar-refractivity contribution < 1.29 is 9.59 Å². The first-order chi connectivity index (χ1) is 12.5. The number of hydrogen-bond acceptors (Lipinski definition) is 5. The Morgan fingerprint density at radius 1 is 1.04 bits per heavy atom. The van der Waals surface area contributed by atoms with Crippen molar-refractivity contribution in [2.75, 3.05) is 22.5 Å². The molecule has 0 bridgehead atoms. The van der Waals surface area contributed by atoms with E-state index in [4.69, 9.17) is 0 Å². The number of carbonyl (C=O) groups is 2. The van der Waals surface area contributed by atoms with E-state index in [1.807, 2.05) is 37.3 Å². The van der Waals surface area contributed by atoms with Crippen LogP contribution in [0.5, 0.6) is 0 Å². The number of hydrogen-bond donors (Lipinski definition) is 3. The van der Waals surface area contributed by atoms with Crippen LogP contribution in [0.1, 0.15) is 12.5 Å². The van der Waals surface area contributed by atoms with Crippen LogP contribution in [0.15, 0.2) is 48.8 Å². The fraction of sp³-hybridized carbons (Fsp3) is 0.158. The summed E-state index contributed by atoms with van der Waals surface area (Å²) < 4.78 is 0. The third-order valence-electron chi connectivity index (χ3n) is 3.79. The van der Waals surface area contributed by atoms with Gasteiger partial charge in [-0.25, -0.2) is 9.97 Å². The van der Waals surface area contributed by atoms with Gasteiger partial charge in [0.25, 0.3) is 0 Å². The van der Waals surface area contributed by atoms with Crippen LogP contribution in [0.25, 0.3) is 10.9 Å². The van der Waals surface area contributed by atoms with Crippen LogP contribution in [-0.4, -0.2) is 28.3 Å². The van der Waals surface area contributed by atoms with Gasteiger partial charge in [0.05, 0.1) is 12.1 Å².